The topological polar surface area (TPSA) is 59.8 Å². The van der Waals surface area contributed by atoms with E-state index in [2.05, 4.69) is 20.1 Å². The van der Waals surface area contributed by atoms with E-state index >= 15 is 0 Å². The van der Waals surface area contributed by atoms with Gasteiger partial charge in [0.25, 0.3) is 0 Å². The van der Waals surface area contributed by atoms with E-state index in [1.807, 2.05) is 38.1 Å². The third-order valence-electron chi connectivity index (χ3n) is 4.34. The van der Waals surface area contributed by atoms with E-state index in [1.165, 1.54) is 12.8 Å². The first-order valence-corrected chi connectivity index (χ1v) is 8.29. The van der Waals surface area contributed by atoms with Gasteiger partial charge < -0.3 is 9.88 Å². The Morgan fingerprint density at radius 1 is 1.39 bits per heavy atom. The zero-order valence-electron chi connectivity index (χ0n) is 13.4. The van der Waals surface area contributed by atoms with Crippen LogP contribution in [0.1, 0.15) is 44.1 Å². The maximum absolute atomic E-state index is 12.6. The third-order valence-corrected chi connectivity index (χ3v) is 4.67. The second kappa shape index (κ2) is 6.32. The van der Waals surface area contributed by atoms with Crippen molar-refractivity contribution >= 4 is 17.5 Å². The summed E-state index contributed by atoms with van der Waals surface area (Å²) in [5.74, 6) is 0.895. The number of halogens is 1. The summed E-state index contributed by atoms with van der Waals surface area (Å²) in [6, 6.07) is 8.02. The standard InChI is InChI=1S/C17H21ClN4O/c1-17(2,13-5-3-4-6-14(13)18)16(23)19-10-9-15-21-20-11-22(15)12-7-8-12/h3-6,11-12H,7-10H2,1-2H3,(H,19,23). The van der Waals surface area contributed by atoms with Crippen LogP contribution in [0.5, 0.6) is 0 Å². The van der Waals surface area contributed by atoms with Crippen molar-refractivity contribution < 1.29 is 4.79 Å². The van der Waals surface area contributed by atoms with Gasteiger partial charge in [-0.15, -0.1) is 10.2 Å². The minimum atomic E-state index is -0.678. The van der Waals surface area contributed by atoms with Gasteiger partial charge in [-0.05, 0) is 38.3 Å². The van der Waals surface area contributed by atoms with Gasteiger partial charge in [0.15, 0.2) is 0 Å². The van der Waals surface area contributed by atoms with E-state index in [4.69, 9.17) is 11.6 Å². The van der Waals surface area contributed by atoms with Crippen molar-refractivity contribution in [2.75, 3.05) is 6.54 Å². The molecular formula is C17H21ClN4O. The molecule has 1 fully saturated rings. The molecule has 0 atom stereocenters. The van der Waals surface area contributed by atoms with Gasteiger partial charge in [0, 0.05) is 24.0 Å². The monoisotopic (exact) mass is 332 g/mol. The number of rotatable bonds is 6. The molecule has 0 unspecified atom stereocenters. The molecule has 0 bridgehead atoms. The number of hydrogen-bond donors (Lipinski definition) is 1. The van der Waals surface area contributed by atoms with Crippen LogP contribution in [0.4, 0.5) is 0 Å². The lowest BCUT2D eigenvalue weighted by atomic mass is 9.83. The molecule has 0 spiro atoms. The van der Waals surface area contributed by atoms with Crippen LogP contribution < -0.4 is 5.32 Å². The molecule has 5 nitrogen and oxygen atoms in total. The highest BCUT2D eigenvalue weighted by molar-refractivity contribution is 6.31. The van der Waals surface area contributed by atoms with Crippen LogP contribution in [0.15, 0.2) is 30.6 Å². The smallest absolute Gasteiger partial charge is 0.230 e. The molecule has 0 aliphatic heterocycles. The molecule has 1 heterocycles. The number of carbonyl (C=O) groups excluding carboxylic acids is 1. The predicted molar refractivity (Wildman–Crippen MR) is 89.5 cm³/mol. The van der Waals surface area contributed by atoms with Crippen molar-refractivity contribution in [2.45, 2.75) is 44.6 Å². The molecular weight excluding hydrogens is 312 g/mol. The van der Waals surface area contributed by atoms with Gasteiger partial charge in [0.2, 0.25) is 5.91 Å². The largest absolute Gasteiger partial charge is 0.355 e. The molecule has 0 radical (unpaired) electrons. The average molecular weight is 333 g/mol. The first kappa shape index (κ1) is 16.0. The molecule has 1 aliphatic carbocycles. The lowest BCUT2D eigenvalue weighted by molar-refractivity contribution is -0.125. The molecule has 1 amide bonds. The van der Waals surface area contributed by atoms with Gasteiger partial charge in [-0.3, -0.25) is 4.79 Å². The van der Waals surface area contributed by atoms with Crippen molar-refractivity contribution in [3.63, 3.8) is 0 Å². The van der Waals surface area contributed by atoms with E-state index in [0.717, 1.165) is 11.4 Å². The number of nitrogens with zero attached hydrogens (tertiary/aromatic N) is 3. The molecule has 6 heteroatoms. The number of benzene rings is 1. The van der Waals surface area contributed by atoms with Crippen LogP contribution in [0.25, 0.3) is 0 Å². The Bertz CT molecular complexity index is 706. The molecule has 1 saturated carbocycles. The molecule has 0 saturated heterocycles. The van der Waals surface area contributed by atoms with Crippen LogP contribution in [0, 0.1) is 0 Å². The minimum absolute atomic E-state index is 0.0388. The Morgan fingerprint density at radius 3 is 2.83 bits per heavy atom. The highest BCUT2D eigenvalue weighted by Crippen LogP contribution is 2.35. The summed E-state index contributed by atoms with van der Waals surface area (Å²) in [5, 5.41) is 11.7. The SMILES string of the molecule is CC(C)(C(=O)NCCc1nncn1C1CC1)c1ccccc1Cl. The Morgan fingerprint density at radius 2 is 2.13 bits per heavy atom. The first-order chi connectivity index (χ1) is 11.0. The zero-order chi connectivity index (χ0) is 16.4. The molecule has 122 valence electrons. The van der Waals surface area contributed by atoms with Crippen LogP contribution in [0.3, 0.4) is 0 Å². The fourth-order valence-electron chi connectivity index (χ4n) is 2.70. The average Bonchev–Trinajstić information content (AvgIpc) is 3.26. The second-order valence-electron chi connectivity index (χ2n) is 6.50. The van der Waals surface area contributed by atoms with Crippen molar-refractivity contribution in [1.29, 1.82) is 0 Å². The fraction of sp³-hybridized carbons (Fsp3) is 0.471. The highest BCUT2D eigenvalue weighted by Gasteiger charge is 2.31. The molecule has 1 aromatic carbocycles. The summed E-state index contributed by atoms with van der Waals surface area (Å²) < 4.78 is 2.12. The van der Waals surface area contributed by atoms with Crippen LogP contribution >= 0.6 is 11.6 Å². The second-order valence-corrected chi connectivity index (χ2v) is 6.90. The molecule has 1 N–H and O–H groups in total. The maximum Gasteiger partial charge on any atom is 0.230 e. The Hall–Kier alpha value is -1.88. The fourth-order valence-corrected chi connectivity index (χ4v) is 3.07. The summed E-state index contributed by atoms with van der Waals surface area (Å²) in [7, 11) is 0. The normalized spacial score (nSPS) is 14.7. The predicted octanol–water partition coefficient (Wildman–Crippen LogP) is 2.90. The zero-order valence-corrected chi connectivity index (χ0v) is 14.2. The Kier molecular flexibility index (Phi) is 4.39. The number of hydrogen-bond acceptors (Lipinski definition) is 3. The summed E-state index contributed by atoms with van der Waals surface area (Å²) in [6.45, 7) is 4.31. The maximum atomic E-state index is 12.6. The van der Waals surface area contributed by atoms with Crippen molar-refractivity contribution in [1.82, 2.24) is 20.1 Å². The molecule has 1 aliphatic rings. The molecule has 23 heavy (non-hydrogen) atoms. The highest BCUT2D eigenvalue weighted by atomic mass is 35.5. The molecule has 2 aromatic rings. The van der Waals surface area contributed by atoms with Crippen LogP contribution in [-0.2, 0) is 16.6 Å². The van der Waals surface area contributed by atoms with Gasteiger partial charge in [-0.1, -0.05) is 29.8 Å². The van der Waals surface area contributed by atoms with E-state index in [1.54, 1.807) is 6.33 Å². The van der Waals surface area contributed by atoms with E-state index in [-0.39, 0.29) is 5.91 Å². The van der Waals surface area contributed by atoms with E-state index in [0.29, 0.717) is 24.0 Å². The van der Waals surface area contributed by atoms with Gasteiger partial charge in [0.1, 0.15) is 12.2 Å². The number of nitrogens with one attached hydrogen (secondary N) is 1. The summed E-state index contributed by atoms with van der Waals surface area (Å²) >= 11 is 6.23. The summed E-state index contributed by atoms with van der Waals surface area (Å²) in [5.41, 5.74) is 0.156. The number of aromatic nitrogens is 3. The van der Waals surface area contributed by atoms with Crippen molar-refractivity contribution in [2.24, 2.45) is 0 Å². The van der Waals surface area contributed by atoms with E-state index in [9.17, 15) is 4.79 Å². The Balaban J connectivity index is 1.60. The first-order valence-electron chi connectivity index (χ1n) is 7.92. The van der Waals surface area contributed by atoms with Gasteiger partial charge in [-0.25, -0.2) is 0 Å². The number of amides is 1. The summed E-state index contributed by atoms with van der Waals surface area (Å²) in [4.78, 5) is 12.6. The quantitative estimate of drug-likeness (QED) is 0.884. The van der Waals surface area contributed by atoms with Crippen molar-refractivity contribution in [3.05, 3.63) is 47.0 Å². The van der Waals surface area contributed by atoms with Crippen LogP contribution in [0.2, 0.25) is 5.02 Å². The number of carbonyl (C=O) groups is 1. The lowest BCUT2D eigenvalue weighted by Crippen LogP contribution is -2.41. The van der Waals surface area contributed by atoms with E-state index < -0.39 is 5.41 Å². The molecule has 1 aromatic heterocycles. The van der Waals surface area contributed by atoms with Crippen LogP contribution in [-0.4, -0.2) is 27.2 Å². The van der Waals surface area contributed by atoms with Crippen molar-refractivity contribution in [3.8, 4) is 0 Å². The summed E-state index contributed by atoms with van der Waals surface area (Å²) in [6.07, 6.45) is 4.84. The lowest BCUT2D eigenvalue weighted by Gasteiger charge is -2.25. The van der Waals surface area contributed by atoms with Gasteiger partial charge in [0.05, 0.1) is 5.41 Å². The van der Waals surface area contributed by atoms with Gasteiger partial charge in [-0.2, -0.15) is 0 Å². The van der Waals surface area contributed by atoms with Gasteiger partial charge >= 0.3 is 0 Å². The minimum Gasteiger partial charge on any atom is -0.355 e. The molecule has 3 rings (SSSR count). The Labute approximate surface area is 141 Å². The third kappa shape index (κ3) is 3.39.